The zero-order valence-electron chi connectivity index (χ0n) is 23.1. The Labute approximate surface area is 209 Å². The van der Waals surface area contributed by atoms with Crippen molar-refractivity contribution in [2.75, 3.05) is 6.66 Å². The molecule has 0 aromatic heterocycles. The van der Waals surface area contributed by atoms with Gasteiger partial charge in [0.2, 0.25) is 7.37 Å². The van der Waals surface area contributed by atoms with E-state index in [9.17, 15) is 19.1 Å². The Hall–Kier alpha value is 0.325. The van der Waals surface area contributed by atoms with Crippen LogP contribution in [0.25, 0.3) is 0 Å². The van der Waals surface area contributed by atoms with E-state index in [1.807, 2.05) is 48.5 Å². The summed E-state index contributed by atoms with van der Waals surface area (Å²) in [7, 11) is -2.02. The highest BCUT2D eigenvalue weighted by Crippen LogP contribution is 2.70. The molecule has 8 unspecified atom stereocenters. The molecule has 10 heteroatoms. The van der Waals surface area contributed by atoms with E-state index >= 15 is 0 Å². The van der Waals surface area contributed by atoms with E-state index in [-0.39, 0.29) is 24.4 Å². The van der Waals surface area contributed by atoms with Crippen LogP contribution in [-0.2, 0) is 22.9 Å². The molecule has 7 nitrogen and oxygen atoms in total. The summed E-state index contributed by atoms with van der Waals surface area (Å²) >= 11 is 0. The molecule has 2 radical (unpaired) electrons. The van der Waals surface area contributed by atoms with Gasteiger partial charge >= 0.3 is 7.60 Å². The average molecular weight is 522 g/mol. The minimum atomic E-state index is -4.49. The largest absolute Gasteiger partial charge is 0.384 e. The second kappa shape index (κ2) is 11.4. The van der Waals surface area contributed by atoms with E-state index < -0.39 is 36.7 Å². The first-order chi connectivity index (χ1) is 15.4. The van der Waals surface area contributed by atoms with Crippen LogP contribution in [0.15, 0.2) is 0 Å². The molecule has 1 rings (SSSR count). The van der Waals surface area contributed by atoms with Crippen molar-refractivity contribution in [2.45, 2.75) is 141 Å². The minimum absolute atomic E-state index is 0.0440. The summed E-state index contributed by atoms with van der Waals surface area (Å²) in [6.45, 7) is 18.0. The molecule has 0 spiro atoms. The maximum absolute atomic E-state index is 14.6. The number of aliphatic hydroxyl groups is 1. The fraction of sp³-hybridized carbons (Fsp3) is 1.00. The van der Waals surface area contributed by atoms with Crippen LogP contribution in [0.5, 0.6) is 0 Å². The topological polar surface area (TPSA) is 102 Å². The standard InChI is InChI=1S/C24H49BO7P2/c1-11-21(7,18(6)19-16-17-20(25)30-19)31-33(10,27)22(8,12-2)24(14-4,15-5)32-34(28,29)23(9,26)13-3/h18-20,26H,11-17H2,1-10H3,(H,28,29). The first-order valence-corrected chi connectivity index (χ1v) is 16.5. The van der Waals surface area contributed by atoms with Crippen LogP contribution in [0, 0.1) is 5.92 Å². The molecule has 0 aromatic rings. The van der Waals surface area contributed by atoms with Crippen LogP contribution in [0.3, 0.4) is 0 Å². The van der Waals surface area contributed by atoms with Gasteiger partial charge in [0, 0.05) is 18.6 Å². The van der Waals surface area contributed by atoms with Crippen molar-refractivity contribution in [3.05, 3.63) is 0 Å². The summed E-state index contributed by atoms with van der Waals surface area (Å²) in [5, 5.41) is 7.62. The highest BCUT2D eigenvalue weighted by molar-refractivity contribution is 7.60. The second-order valence-electron chi connectivity index (χ2n) is 10.7. The van der Waals surface area contributed by atoms with Crippen molar-refractivity contribution in [3.8, 4) is 0 Å². The van der Waals surface area contributed by atoms with Crippen LogP contribution in [-0.4, -0.2) is 58.3 Å². The minimum Gasteiger partial charge on any atom is -0.384 e. The third-order valence-electron chi connectivity index (χ3n) is 8.98. The van der Waals surface area contributed by atoms with Gasteiger partial charge in [0.15, 0.2) is 5.34 Å². The highest BCUT2D eigenvalue weighted by atomic mass is 31.2. The van der Waals surface area contributed by atoms with E-state index in [1.165, 1.54) is 6.92 Å². The first kappa shape index (κ1) is 32.4. The van der Waals surface area contributed by atoms with Gasteiger partial charge in [-0.25, -0.2) is 0 Å². The number of ether oxygens (including phenoxy) is 1. The van der Waals surface area contributed by atoms with Crippen LogP contribution in [0.2, 0.25) is 0 Å². The summed E-state index contributed by atoms with van der Waals surface area (Å²) in [5.74, 6) is -0.0660. The second-order valence-corrected chi connectivity index (χ2v) is 15.7. The summed E-state index contributed by atoms with van der Waals surface area (Å²) in [4.78, 5) is 10.8. The molecule has 0 bridgehead atoms. The van der Waals surface area contributed by atoms with Crippen molar-refractivity contribution in [1.82, 2.24) is 0 Å². The van der Waals surface area contributed by atoms with Crippen molar-refractivity contribution >= 4 is 22.8 Å². The van der Waals surface area contributed by atoms with E-state index in [1.54, 1.807) is 13.6 Å². The Bertz CT molecular complexity index is 772. The third-order valence-corrected chi connectivity index (χ3v) is 14.4. The summed E-state index contributed by atoms with van der Waals surface area (Å²) in [6, 6.07) is -0.297. The molecule has 0 saturated carbocycles. The van der Waals surface area contributed by atoms with Crippen LogP contribution in [0.1, 0.15) is 107 Å². The fourth-order valence-electron chi connectivity index (χ4n) is 5.17. The first-order valence-electron chi connectivity index (χ1n) is 12.8. The van der Waals surface area contributed by atoms with E-state index in [0.29, 0.717) is 25.7 Å². The molecular weight excluding hydrogens is 473 g/mol. The van der Waals surface area contributed by atoms with Crippen LogP contribution >= 0.6 is 15.0 Å². The molecule has 200 valence electrons. The van der Waals surface area contributed by atoms with E-state index in [0.717, 1.165) is 12.8 Å². The lowest BCUT2D eigenvalue weighted by molar-refractivity contribution is -0.0587. The molecule has 0 amide bonds. The molecule has 1 heterocycles. The predicted molar refractivity (Wildman–Crippen MR) is 140 cm³/mol. The molecule has 2 N–H and O–H groups in total. The SMILES string of the molecule is [B]C1CCC(C(C)C(C)(CC)OP(C)(=O)C(C)(CC)C(CC)(CC)OP(=O)(O)C(C)(O)CC)O1. The van der Waals surface area contributed by atoms with Gasteiger partial charge in [-0.3, -0.25) is 13.7 Å². The zero-order chi connectivity index (χ0) is 26.8. The normalized spacial score (nSPS) is 29.3. The van der Waals surface area contributed by atoms with Crippen LogP contribution < -0.4 is 0 Å². The predicted octanol–water partition coefficient (Wildman–Crippen LogP) is 6.44. The van der Waals surface area contributed by atoms with Crippen molar-refractivity contribution in [2.24, 2.45) is 5.92 Å². The number of hydrogen-bond donors (Lipinski definition) is 2. The van der Waals surface area contributed by atoms with Gasteiger partial charge in [-0.1, -0.05) is 41.5 Å². The van der Waals surface area contributed by atoms with Gasteiger partial charge < -0.3 is 19.3 Å². The highest BCUT2D eigenvalue weighted by Gasteiger charge is 2.61. The lowest BCUT2D eigenvalue weighted by Gasteiger charge is -2.53. The number of hydrogen-bond acceptors (Lipinski definition) is 6. The summed E-state index contributed by atoms with van der Waals surface area (Å²) in [6.07, 6.45) is 3.21. The molecule has 8 atom stereocenters. The average Bonchev–Trinajstić information content (AvgIpc) is 3.21. The molecule has 1 fully saturated rings. The van der Waals surface area contributed by atoms with Gasteiger partial charge in [0.25, 0.3) is 0 Å². The maximum Gasteiger partial charge on any atom is 0.359 e. The zero-order valence-corrected chi connectivity index (χ0v) is 24.9. The van der Waals surface area contributed by atoms with Crippen molar-refractivity contribution in [3.63, 3.8) is 0 Å². The molecule has 34 heavy (non-hydrogen) atoms. The molecule has 0 aliphatic carbocycles. The molecular formula is C24H49BO7P2. The molecule has 1 saturated heterocycles. The quantitative estimate of drug-likeness (QED) is 0.200. The Kier molecular flexibility index (Phi) is 10.8. The van der Waals surface area contributed by atoms with Gasteiger partial charge in [0.1, 0.15) is 7.85 Å². The van der Waals surface area contributed by atoms with E-state index in [2.05, 4.69) is 0 Å². The Morgan fingerprint density at radius 3 is 1.85 bits per heavy atom. The summed E-state index contributed by atoms with van der Waals surface area (Å²) < 4.78 is 46.4. The van der Waals surface area contributed by atoms with Gasteiger partial charge in [0.05, 0.1) is 22.5 Å². The van der Waals surface area contributed by atoms with Crippen molar-refractivity contribution < 1.29 is 32.9 Å². The van der Waals surface area contributed by atoms with Crippen molar-refractivity contribution in [1.29, 1.82) is 0 Å². The Morgan fingerprint density at radius 1 is 0.971 bits per heavy atom. The lowest BCUT2D eigenvalue weighted by Crippen LogP contribution is -2.54. The van der Waals surface area contributed by atoms with Gasteiger partial charge in [-0.2, -0.15) is 0 Å². The lowest BCUT2D eigenvalue weighted by atomic mass is 9.81. The molecule has 1 aliphatic rings. The Morgan fingerprint density at radius 2 is 1.50 bits per heavy atom. The Balaban J connectivity index is 3.49. The maximum atomic E-state index is 14.6. The molecule has 0 aromatic carbocycles. The fourth-order valence-corrected chi connectivity index (χ4v) is 9.74. The smallest absolute Gasteiger partial charge is 0.359 e. The third kappa shape index (κ3) is 5.90. The summed E-state index contributed by atoms with van der Waals surface area (Å²) in [5.41, 5.74) is -2.01. The monoisotopic (exact) mass is 522 g/mol. The van der Waals surface area contributed by atoms with Gasteiger partial charge in [-0.05, 0) is 65.7 Å². The molecule has 1 aliphatic heterocycles. The van der Waals surface area contributed by atoms with E-state index in [4.69, 9.17) is 21.6 Å². The number of rotatable bonds is 14. The van der Waals surface area contributed by atoms with Crippen LogP contribution in [0.4, 0.5) is 0 Å². The van der Waals surface area contributed by atoms with Gasteiger partial charge in [-0.15, -0.1) is 0 Å².